The van der Waals surface area contributed by atoms with Crippen LogP contribution in [-0.4, -0.2) is 37.4 Å². The molecule has 4 aromatic rings. The third-order valence-corrected chi connectivity index (χ3v) is 4.65. The van der Waals surface area contributed by atoms with Gasteiger partial charge in [0.25, 0.3) is 6.43 Å². The van der Waals surface area contributed by atoms with Crippen molar-refractivity contribution in [1.29, 1.82) is 0 Å². The molecule has 0 saturated carbocycles. The standard InChI is InChI=1S/C20H17F5N6O/c1-11(14-6-13(21)2-3-16(14)32-10-17(22)23)28-18-4-5-30-19(29-18)15(8-27-30)12-7-26-31(9-12)20(24)25/h2-9,11,17,20H,10H2,1H3,(H,28,29). The van der Waals surface area contributed by atoms with Gasteiger partial charge in [-0.2, -0.15) is 19.0 Å². The molecule has 0 spiro atoms. The van der Waals surface area contributed by atoms with Crippen LogP contribution < -0.4 is 10.1 Å². The van der Waals surface area contributed by atoms with Gasteiger partial charge in [-0.25, -0.2) is 27.4 Å². The summed E-state index contributed by atoms with van der Waals surface area (Å²) in [5.74, 6) is -0.0510. The average molecular weight is 452 g/mol. The van der Waals surface area contributed by atoms with Crippen LogP contribution in [0.25, 0.3) is 16.8 Å². The van der Waals surface area contributed by atoms with Gasteiger partial charge < -0.3 is 10.1 Å². The molecule has 3 aromatic heterocycles. The summed E-state index contributed by atoms with van der Waals surface area (Å²) in [4.78, 5) is 4.47. The van der Waals surface area contributed by atoms with E-state index in [0.717, 1.165) is 6.07 Å². The zero-order chi connectivity index (χ0) is 22.8. The summed E-state index contributed by atoms with van der Waals surface area (Å²) in [5.41, 5.74) is 1.61. The normalized spacial score (nSPS) is 12.6. The van der Waals surface area contributed by atoms with E-state index < -0.39 is 31.4 Å². The third-order valence-electron chi connectivity index (χ3n) is 4.65. The number of hydrogen-bond donors (Lipinski definition) is 1. The average Bonchev–Trinajstić information content (AvgIpc) is 3.39. The molecule has 4 rings (SSSR count). The molecule has 0 aliphatic carbocycles. The minimum absolute atomic E-state index is 0.122. The number of nitrogens with one attached hydrogen (secondary N) is 1. The number of fused-ring (bicyclic) bond motifs is 1. The van der Waals surface area contributed by atoms with Crippen molar-refractivity contribution >= 4 is 11.5 Å². The number of halogens is 5. The van der Waals surface area contributed by atoms with Gasteiger partial charge in [0.1, 0.15) is 24.0 Å². The molecule has 0 radical (unpaired) electrons. The second-order valence-corrected chi connectivity index (χ2v) is 6.88. The first-order valence-corrected chi connectivity index (χ1v) is 9.46. The second-order valence-electron chi connectivity index (χ2n) is 6.88. The van der Waals surface area contributed by atoms with Crippen molar-refractivity contribution in [3.05, 3.63) is 60.4 Å². The van der Waals surface area contributed by atoms with Crippen LogP contribution in [0, 0.1) is 5.82 Å². The van der Waals surface area contributed by atoms with E-state index in [9.17, 15) is 22.0 Å². The molecule has 0 saturated heterocycles. The van der Waals surface area contributed by atoms with Crippen LogP contribution >= 0.6 is 0 Å². The van der Waals surface area contributed by atoms with Gasteiger partial charge in [-0.15, -0.1) is 0 Å². The lowest BCUT2D eigenvalue weighted by Crippen LogP contribution is -2.13. The van der Waals surface area contributed by atoms with Gasteiger partial charge in [0.15, 0.2) is 5.65 Å². The smallest absolute Gasteiger partial charge is 0.333 e. The molecule has 0 amide bonds. The lowest BCUT2D eigenvalue weighted by atomic mass is 10.1. The van der Waals surface area contributed by atoms with Crippen molar-refractivity contribution < 1.29 is 26.7 Å². The maximum absolute atomic E-state index is 13.8. The van der Waals surface area contributed by atoms with Crippen molar-refractivity contribution in [2.75, 3.05) is 11.9 Å². The molecule has 0 aliphatic rings. The summed E-state index contributed by atoms with van der Waals surface area (Å²) in [6, 6.07) is 4.67. The molecular weight excluding hydrogens is 435 g/mol. The number of rotatable bonds is 8. The first-order chi connectivity index (χ1) is 15.3. The Balaban J connectivity index is 1.61. The van der Waals surface area contributed by atoms with Crippen molar-refractivity contribution in [2.24, 2.45) is 0 Å². The quantitative estimate of drug-likeness (QED) is 0.384. The van der Waals surface area contributed by atoms with E-state index in [2.05, 4.69) is 20.5 Å². The Labute approximate surface area is 178 Å². The summed E-state index contributed by atoms with van der Waals surface area (Å²) in [6.07, 6.45) is 2.89. The fraction of sp³-hybridized carbons (Fsp3) is 0.250. The van der Waals surface area contributed by atoms with Crippen LogP contribution in [0.3, 0.4) is 0 Å². The van der Waals surface area contributed by atoms with Crippen molar-refractivity contribution in [2.45, 2.75) is 25.9 Å². The number of anilines is 1. The van der Waals surface area contributed by atoms with Gasteiger partial charge in [0, 0.05) is 29.1 Å². The number of nitrogens with zero attached hydrogens (tertiary/aromatic N) is 5. The first-order valence-electron chi connectivity index (χ1n) is 9.46. The topological polar surface area (TPSA) is 69.3 Å². The fourth-order valence-electron chi connectivity index (χ4n) is 3.18. The third kappa shape index (κ3) is 4.48. The van der Waals surface area contributed by atoms with E-state index in [1.165, 1.54) is 35.2 Å². The maximum atomic E-state index is 13.8. The predicted molar refractivity (Wildman–Crippen MR) is 105 cm³/mol. The molecule has 32 heavy (non-hydrogen) atoms. The summed E-state index contributed by atoms with van der Waals surface area (Å²) >= 11 is 0. The Morgan fingerprint density at radius 1 is 1.09 bits per heavy atom. The highest BCUT2D eigenvalue weighted by Crippen LogP contribution is 2.30. The monoisotopic (exact) mass is 452 g/mol. The van der Waals surface area contributed by atoms with Crippen LogP contribution in [-0.2, 0) is 0 Å². The fourth-order valence-corrected chi connectivity index (χ4v) is 3.18. The Morgan fingerprint density at radius 3 is 2.62 bits per heavy atom. The summed E-state index contributed by atoms with van der Waals surface area (Å²) < 4.78 is 71.6. The highest BCUT2D eigenvalue weighted by atomic mass is 19.3. The minimum Gasteiger partial charge on any atom is -0.487 e. The largest absolute Gasteiger partial charge is 0.487 e. The Kier molecular flexibility index (Phi) is 5.93. The molecular formula is C20H17F5N6O. The van der Waals surface area contributed by atoms with E-state index in [4.69, 9.17) is 4.74 Å². The van der Waals surface area contributed by atoms with Crippen LogP contribution in [0.1, 0.15) is 25.1 Å². The molecule has 3 heterocycles. The molecule has 1 unspecified atom stereocenters. The molecule has 168 valence electrons. The Morgan fingerprint density at radius 2 is 1.91 bits per heavy atom. The van der Waals surface area contributed by atoms with Gasteiger partial charge >= 0.3 is 6.55 Å². The van der Waals surface area contributed by atoms with Crippen molar-refractivity contribution in [1.82, 2.24) is 24.4 Å². The van der Waals surface area contributed by atoms with Crippen LogP contribution in [0.4, 0.5) is 27.8 Å². The van der Waals surface area contributed by atoms with E-state index in [-0.39, 0.29) is 5.75 Å². The molecule has 1 aromatic carbocycles. The molecule has 0 fully saturated rings. The molecule has 1 N–H and O–H groups in total. The molecule has 12 heteroatoms. The summed E-state index contributed by atoms with van der Waals surface area (Å²) in [6.45, 7) is -1.90. The van der Waals surface area contributed by atoms with Gasteiger partial charge in [0.2, 0.25) is 0 Å². The minimum atomic E-state index is -2.77. The SMILES string of the molecule is CC(Nc1ccn2ncc(-c3cnn(C(F)F)c3)c2n1)c1cc(F)ccc1OCC(F)F. The van der Waals surface area contributed by atoms with Crippen LogP contribution in [0.2, 0.25) is 0 Å². The number of aromatic nitrogens is 5. The highest BCUT2D eigenvalue weighted by Gasteiger charge is 2.17. The lowest BCUT2D eigenvalue weighted by molar-refractivity contribution is 0.0566. The zero-order valence-electron chi connectivity index (χ0n) is 16.6. The van der Waals surface area contributed by atoms with Gasteiger partial charge in [0.05, 0.1) is 18.4 Å². The molecule has 7 nitrogen and oxygen atoms in total. The van der Waals surface area contributed by atoms with Gasteiger partial charge in [-0.1, -0.05) is 0 Å². The summed E-state index contributed by atoms with van der Waals surface area (Å²) in [5, 5.41) is 10.8. The molecule has 0 aliphatic heterocycles. The zero-order valence-corrected chi connectivity index (χ0v) is 16.6. The van der Waals surface area contributed by atoms with E-state index in [1.807, 2.05) is 0 Å². The van der Waals surface area contributed by atoms with E-state index in [1.54, 1.807) is 19.2 Å². The lowest BCUT2D eigenvalue weighted by Gasteiger charge is -2.19. The maximum Gasteiger partial charge on any atom is 0.333 e. The van der Waals surface area contributed by atoms with Gasteiger partial charge in [-0.05, 0) is 31.2 Å². The Bertz CT molecular complexity index is 1220. The first kappa shape index (κ1) is 21.5. The number of alkyl halides is 4. The van der Waals surface area contributed by atoms with Crippen molar-refractivity contribution in [3.63, 3.8) is 0 Å². The number of benzene rings is 1. The highest BCUT2D eigenvalue weighted by molar-refractivity contribution is 5.76. The van der Waals surface area contributed by atoms with E-state index in [0.29, 0.717) is 32.8 Å². The molecule has 0 bridgehead atoms. The van der Waals surface area contributed by atoms with Gasteiger partial charge in [-0.3, -0.25) is 0 Å². The van der Waals surface area contributed by atoms with Crippen LogP contribution in [0.15, 0.2) is 49.1 Å². The predicted octanol–water partition coefficient (Wildman–Crippen LogP) is 4.94. The molecule has 1 atom stereocenters. The van der Waals surface area contributed by atoms with E-state index >= 15 is 0 Å². The number of ether oxygens (including phenoxy) is 1. The second kappa shape index (κ2) is 8.81. The van der Waals surface area contributed by atoms with Crippen molar-refractivity contribution in [3.8, 4) is 16.9 Å². The Hall–Kier alpha value is -3.70. The number of hydrogen-bond acceptors (Lipinski definition) is 5. The van der Waals surface area contributed by atoms with Crippen LogP contribution in [0.5, 0.6) is 5.75 Å². The summed E-state index contributed by atoms with van der Waals surface area (Å²) in [7, 11) is 0.